The van der Waals surface area contributed by atoms with E-state index >= 15 is 8.78 Å². The van der Waals surface area contributed by atoms with Crippen molar-refractivity contribution in [1.82, 2.24) is 15.1 Å². The molecule has 1 aromatic carbocycles. The zero-order chi connectivity index (χ0) is 22.9. The van der Waals surface area contributed by atoms with Crippen molar-refractivity contribution in [3.8, 4) is 0 Å². The number of nitrogens with one attached hydrogen (secondary N) is 1. The number of carbonyl (C=O) groups excluding carboxylic acids is 3. The van der Waals surface area contributed by atoms with Crippen LogP contribution in [0.1, 0.15) is 41.6 Å². The molecule has 33 heavy (non-hydrogen) atoms. The van der Waals surface area contributed by atoms with Gasteiger partial charge in [0.15, 0.2) is 0 Å². The van der Waals surface area contributed by atoms with E-state index in [-0.39, 0.29) is 31.3 Å². The van der Waals surface area contributed by atoms with Crippen molar-refractivity contribution in [3.63, 3.8) is 0 Å². The van der Waals surface area contributed by atoms with Crippen LogP contribution in [0, 0.1) is 17.8 Å². The molecule has 1 aromatic rings. The summed E-state index contributed by atoms with van der Waals surface area (Å²) in [5.74, 6) is -3.00. The third-order valence-electron chi connectivity index (χ3n) is 8.16. The molecule has 2 unspecified atom stereocenters. The molecule has 4 atom stereocenters. The number of carbonyl (C=O) groups is 3. The summed E-state index contributed by atoms with van der Waals surface area (Å²) in [5.41, 5.74) is 1.86. The van der Waals surface area contributed by atoms with Crippen molar-refractivity contribution in [2.75, 3.05) is 37.6 Å². The van der Waals surface area contributed by atoms with Crippen LogP contribution < -0.4 is 10.2 Å². The number of piperidine rings is 3. The fraction of sp³-hybridized carbons (Fsp3) is 0.625. The maximum Gasteiger partial charge on any atom is 0.269 e. The Morgan fingerprint density at radius 3 is 2.61 bits per heavy atom. The lowest BCUT2D eigenvalue weighted by Gasteiger charge is -2.41. The number of hydrogen-bond acceptors (Lipinski definition) is 5. The molecule has 0 radical (unpaired) electrons. The van der Waals surface area contributed by atoms with E-state index in [1.807, 2.05) is 0 Å². The van der Waals surface area contributed by atoms with Crippen LogP contribution >= 0.6 is 0 Å². The summed E-state index contributed by atoms with van der Waals surface area (Å²) in [6, 6.07) is 4.61. The quantitative estimate of drug-likeness (QED) is 0.698. The van der Waals surface area contributed by atoms with Crippen LogP contribution in [0.15, 0.2) is 18.2 Å². The summed E-state index contributed by atoms with van der Waals surface area (Å²) in [5, 5.41) is 2.29. The Morgan fingerprint density at radius 2 is 1.88 bits per heavy atom. The SMILES string of the molecule is O=C1CCC(N2Cc3ccc(N4CCC(CN5C[C@H]6C[C@H]6C5)C(F)(F)C4)cc3C2=O)C(=O)N1. The average Bonchev–Trinajstić information content (AvgIpc) is 3.24. The first-order valence-corrected chi connectivity index (χ1v) is 11.9. The first-order chi connectivity index (χ1) is 15.8. The Kier molecular flexibility index (Phi) is 4.76. The maximum atomic E-state index is 15.1. The number of fused-ring (bicyclic) bond motifs is 2. The summed E-state index contributed by atoms with van der Waals surface area (Å²) in [4.78, 5) is 42.1. The molecule has 0 spiro atoms. The second kappa shape index (κ2) is 7.48. The van der Waals surface area contributed by atoms with Crippen LogP contribution in [0.3, 0.4) is 0 Å². The molecule has 0 aromatic heterocycles. The lowest BCUT2D eigenvalue weighted by Crippen LogP contribution is -2.52. The lowest BCUT2D eigenvalue weighted by molar-refractivity contribution is -0.136. The van der Waals surface area contributed by atoms with Gasteiger partial charge < -0.3 is 14.7 Å². The predicted octanol–water partition coefficient (Wildman–Crippen LogP) is 1.86. The molecule has 4 aliphatic heterocycles. The van der Waals surface area contributed by atoms with E-state index in [0.29, 0.717) is 37.2 Å². The summed E-state index contributed by atoms with van der Waals surface area (Å²) in [6.07, 6.45) is 2.19. The number of alkyl halides is 2. The van der Waals surface area contributed by atoms with Crippen LogP contribution in [0.2, 0.25) is 0 Å². The molecule has 1 N–H and O–H groups in total. The van der Waals surface area contributed by atoms with E-state index < -0.39 is 23.8 Å². The average molecular weight is 459 g/mol. The summed E-state index contributed by atoms with van der Waals surface area (Å²) < 4.78 is 30.2. The van der Waals surface area contributed by atoms with Gasteiger partial charge in [-0.2, -0.15) is 0 Å². The Morgan fingerprint density at radius 1 is 1.09 bits per heavy atom. The van der Waals surface area contributed by atoms with Gasteiger partial charge in [-0.25, -0.2) is 8.78 Å². The van der Waals surface area contributed by atoms with Crippen LogP contribution in [0.25, 0.3) is 0 Å². The first kappa shape index (κ1) is 21.0. The van der Waals surface area contributed by atoms with E-state index in [1.165, 1.54) is 11.3 Å². The normalized spacial score (nSPS) is 33.2. The van der Waals surface area contributed by atoms with Crippen molar-refractivity contribution < 1.29 is 23.2 Å². The second-order valence-electron chi connectivity index (χ2n) is 10.4. The summed E-state index contributed by atoms with van der Waals surface area (Å²) in [7, 11) is 0. The maximum absolute atomic E-state index is 15.1. The lowest BCUT2D eigenvalue weighted by atomic mass is 9.91. The van der Waals surface area contributed by atoms with Crippen LogP contribution in [0.5, 0.6) is 0 Å². The van der Waals surface area contributed by atoms with Crippen molar-refractivity contribution in [2.24, 2.45) is 17.8 Å². The van der Waals surface area contributed by atoms with Crippen molar-refractivity contribution in [2.45, 2.75) is 44.2 Å². The third-order valence-corrected chi connectivity index (χ3v) is 8.16. The molecule has 4 fully saturated rings. The highest BCUT2D eigenvalue weighted by Gasteiger charge is 2.50. The van der Waals surface area contributed by atoms with E-state index in [4.69, 9.17) is 0 Å². The molecule has 1 saturated carbocycles. The van der Waals surface area contributed by atoms with Gasteiger partial charge in [0.1, 0.15) is 6.04 Å². The minimum absolute atomic E-state index is 0.199. The predicted molar refractivity (Wildman–Crippen MR) is 116 cm³/mol. The van der Waals surface area contributed by atoms with Gasteiger partial charge in [-0.05, 0) is 48.8 Å². The summed E-state index contributed by atoms with van der Waals surface area (Å²) >= 11 is 0. The Balaban J connectivity index is 1.14. The third kappa shape index (κ3) is 3.70. The number of rotatable bonds is 4. The van der Waals surface area contributed by atoms with E-state index in [2.05, 4.69) is 10.2 Å². The fourth-order valence-corrected chi connectivity index (χ4v) is 6.13. The Hall–Kier alpha value is -2.55. The van der Waals surface area contributed by atoms with E-state index in [0.717, 1.165) is 30.5 Å². The van der Waals surface area contributed by atoms with Gasteiger partial charge in [0, 0.05) is 56.3 Å². The number of anilines is 1. The zero-order valence-electron chi connectivity index (χ0n) is 18.4. The number of nitrogens with zero attached hydrogens (tertiary/aromatic N) is 3. The molecule has 7 nitrogen and oxygen atoms in total. The zero-order valence-corrected chi connectivity index (χ0v) is 18.4. The van der Waals surface area contributed by atoms with Gasteiger partial charge in [0.2, 0.25) is 11.8 Å². The molecule has 3 saturated heterocycles. The molecule has 1 aliphatic carbocycles. The highest BCUT2D eigenvalue weighted by atomic mass is 19.3. The number of halogens is 2. The Labute approximate surface area is 191 Å². The van der Waals surface area contributed by atoms with Gasteiger partial charge in [-0.1, -0.05) is 6.07 Å². The summed E-state index contributed by atoms with van der Waals surface area (Å²) in [6.45, 7) is 2.89. The first-order valence-electron chi connectivity index (χ1n) is 11.9. The van der Waals surface area contributed by atoms with Crippen molar-refractivity contribution >= 4 is 23.4 Å². The van der Waals surface area contributed by atoms with Gasteiger partial charge in [-0.15, -0.1) is 0 Å². The monoisotopic (exact) mass is 458 g/mol. The van der Waals surface area contributed by atoms with Crippen molar-refractivity contribution in [3.05, 3.63) is 29.3 Å². The van der Waals surface area contributed by atoms with Crippen LogP contribution in [-0.4, -0.2) is 72.2 Å². The van der Waals surface area contributed by atoms with Gasteiger partial charge >= 0.3 is 0 Å². The molecule has 6 rings (SSSR count). The van der Waals surface area contributed by atoms with Gasteiger partial charge in [-0.3, -0.25) is 19.7 Å². The number of hydrogen-bond donors (Lipinski definition) is 1. The minimum Gasteiger partial charge on any atom is -0.365 e. The molecule has 0 bridgehead atoms. The largest absolute Gasteiger partial charge is 0.365 e. The topological polar surface area (TPSA) is 73.0 Å². The van der Waals surface area contributed by atoms with E-state index in [9.17, 15) is 14.4 Å². The Bertz CT molecular complexity index is 1020. The molecule has 3 amide bonds. The highest BCUT2D eigenvalue weighted by Crippen LogP contribution is 2.46. The number of amides is 3. The second-order valence-corrected chi connectivity index (χ2v) is 10.4. The van der Waals surface area contributed by atoms with Crippen LogP contribution in [0.4, 0.5) is 14.5 Å². The molecular formula is C24H28F2N4O3. The molecule has 4 heterocycles. The molecule has 5 aliphatic rings. The minimum atomic E-state index is -2.78. The van der Waals surface area contributed by atoms with Crippen LogP contribution in [-0.2, 0) is 16.1 Å². The molecular weight excluding hydrogens is 430 g/mol. The van der Waals surface area contributed by atoms with Crippen molar-refractivity contribution in [1.29, 1.82) is 0 Å². The fourth-order valence-electron chi connectivity index (χ4n) is 6.13. The smallest absolute Gasteiger partial charge is 0.269 e. The molecule has 9 heteroatoms. The van der Waals surface area contributed by atoms with Gasteiger partial charge in [0.25, 0.3) is 11.8 Å². The number of benzene rings is 1. The highest BCUT2D eigenvalue weighted by molar-refractivity contribution is 6.05. The number of imide groups is 1. The van der Waals surface area contributed by atoms with E-state index in [1.54, 1.807) is 23.1 Å². The molecule has 176 valence electrons. The van der Waals surface area contributed by atoms with Gasteiger partial charge in [0.05, 0.1) is 6.54 Å². The number of likely N-dealkylation sites (tertiary alicyclic amines) is 1. The standard InChI is InChI=1S/C24H28F2N4O3/c25-24(26)13-29(6-5-17(24)12-28-9-15-7-16(15)10-28)18-2-1-14-11-30(23(33)19(14)8-18)20-3-4-21(31)27-22(20)32/h1-2,8,15-17,20H,3-7,9-13H2,(H,27,31,32)/t15-,16+,17?,20?.